The van der Waals surface area contributed by atoms with Gasteiger partial charge in [-0.05, 0) is 19.1 Å². The molecule has 1 saturated heterocycles. The second-order valence-electron chi connectivity index (χ2n) is 5.68. The third kappa shape index (κ3) is 3.77. The average molecular weight is 311 g/mol. The van der Waals surface area contributed by atoms with E-state index in [2.05, 4.69) is 20.2 Å². The highest BCUT2D eigenvalue weighted by Crippen LogP contribution is 2.19. The predicted molar refractivity (Wildman–Crippen MR) is 91.0 cm³/mol. The molecule has 0 bridgehead atoms. The lowest BCUT2D eigenvalue weighted by Gasteiger charge is -2.35. The summed E-state index contributed by atoms with van der Waals surface area (Å²) in [5, 5.41) is 3.24. The van der Waals surface area contributed by atoms with Gasteiger partial charge in [0.15, 0.2) is 0 Å². The summed E-state index contributed by atoms with van der Waals surface area (Å²) in [5.41, 5.74) is 1.88. The molecule has 0 radical (unpaired) electrons. The molecule has 0 unspecified atom stereocenters. The van der Waals surface area contributed by atoms with Gasteiger partial charge in [-0.15, -0.1) is 0 Å². The Morgan fingerprint density at radius 2 is 1.78 bits per heavy atom. The first-order chi connectivity index (χ1) is 11.1. The van der Waals surface area contributed by atoms with Gasteiger partial charge in [-0.2, -0.15) is 4.98 Å². The average Bonchev–Trinajstić information content (AvgIpc) is 2.55. The van der Waals surface area contributed by atoms with E-state index in [-0.39, 0.29) is 5.91 Å². The van der Waals surface area contributed by atoms with Crippen LogP contribution in [0, 0.1) is 6.92 Å². The third-order valence-electron chi connectivity index (χ3n) is 3.92. The van der Waals surface area contributed by atoms with Crippen LogP contribution >= 0.6 is 0 Å². The van der Waals surface area contributed by atoms with Crippen LogP contribution in [-0.2, 0) is 4.79 Å². The summed E-state index contributed by atoms with van der Waals surface area (Å²) in [5.74, 6) is 1.63. The molecule has 0 aliphatic carbocycles. The van der Waals surface area contributed by atoms with Crippen molar-refractivity contribution < 1.29 is 4.79 Å². The SMILES string of the molecule is CC(=O)N1CCN(c2cc(C)nc(Nc3ccccc3)n2)CC1. The monoisotopic (exact) mass is 311 g/mol. The van der Waals surface area contributed by atoms with Crippen LogP contribution in [0.1, 0.15) is 12.6 Å². The Kier molecular flexibility index (Phi) is 4.41. The zero-order valence-electron chi connectivity index (χ0n) is 13.5. The normalized spacial score (nSPS) is 14.7. The molecule has 1 aliphatic heterocycles. The Hall–Kier alpha value is -2.63. The van der Waals surface area contributed by atoms with Gasteiger partial charge in [-0.1, -0.05) is 18.2 Å². The van der Waals surface area contributed by atoms with Crippen molar-refractivity contribution in [2.75, 3.05) is 36.4 Å². The maximum absolute atomic E-state index is 11.4. The number of hydrogen-bond donors (Lipinski definition) is 1. The third-order valence-corrected chi connectivity index (χ3v) is 3.92. The largest absolute Gasteiger partial charge is 0.353 e. The molecule has 1 aromatic heterocycles. The minimum absolute atomic E-state index is 0.134. The second-order valence-corrected chi connectivity index (χ2v) is 5.68. The van der Waals surface area contributed by atoms with Gasteiger partial charge >= 0.3 is 0 Å². The summed E-state index contributed by atoms with van der Waals surface area (Å²) in [6, 6.07) is 11.9. The van der Waals surface area contributed by atoms with E-state index in [1.165, 1.54) is 0 Å². The molecule has 1 aliphatic rings. The van der Waals surface area contributed by atoms with Crippen LogP contribution in [0.15, 0.2) is 36.4 Å². The van der Waals surface area contributed by atoms with Crippen LogP contribution in [0.3, 0.4) is 0 Å². The van der Waals surface area contributed by atoms with Crippen LogP contribution in [0.5, 0.6) is 0 Å². The first kappa shape index (κ1) is 15.3. The first-order valence-corrected chi connectivity index (χ1v) is 7.80. The molecule has 3 rings (SSSR count). The topological polar surface area (TPSA) is 61.4 Å². The van der Waals surface area contributed by atoms with Crippen LogP contribution < -0.4 is 10.2 Å². The van der Waals surface area contributed by atoms with Gasteiger partial charge in [0.2, 0.25) is 11.9 Å². The highest BCUT2D eigenvalue weighted by Gasteiger charge is 2.20. The lowest BCUT2D eigenvalue weighted by atomic mass is 10.3. The van der Waals surface area contributed by atoms with Gasteiger partial charge in [0, 0.05) is 50.6 Å². The molecule has 6 heteroatoms. The highest BCUT2D eigenvalue weighted by atomic mass is 16.2. The first-order valence-electron chi connectivity index (χ1n) is 7.80. The minimum Gasteiger partial charge on any atom is -0.353 e. The Labute approximate surface area is 136 Å². The minimum atomic E-state index is 0.134. The molecule has 0 saturated carbocycles. The standard InChI is InChI=1S/C17H21N5O/c1-13-12-16(22-10-8-21(9-11-22)14(2)23)20-17(18-13)19-15-6-4-3-5-7-15/h3-7,12H,8-11H2,1-2H3,(H,18,19,20). The molecule has 6 nitrogen and oxygen atoms in total. The fourth-order valence-corrected chi connectivity index (χ4v) is 2.67. The molecule has 0 atom stereocenters. The van der Waals surface area contributed by atoms with E-state index in [4.69, 9.17) is 0 Å². The number of anilines is 3. The summed E-state index contributed by atoms with van der Waals surface area (Å²) < 4.78 is 0. The van der Waals surface area contributed by atoms with Crippen molar-refractivity contribution in [3.05, 3.63) is 42.1 Å². The molecule has 2 aromatic rings. The molecule has 1 N–H and O–H groups in total. The van der Waals surface area contributed by atoms with E-state index in [0.29, 0.717) is 5.95 Å². The molecular weight excluding hydrogens is 290 g/mol. The van der Waals surface area contributed by atoms with Crippen molar-refractivity contribution in [1.29, 1.82) is 0 Å². The number of carbonyl (C=O) groups excluding carboxylic acids is 1. The molecular formula is C17H21N5O. The van der Waals surface area contributed by atoms with Gasteiger partial charge < -0.3 is 15.1 Å². The van der Waals surface area contributed by atoms with E-state index in [1.54, 1.807) is 6.92 Å². The highest BCUT2D eigenvalue weighted by molar-refractivity contribution is 5.73. The van der Waals surface area contributed by atoms with Crippen LogP contribution in [0.2, 0.25) is 0 Å². The number of rotatable bonds is 3. The van der Waals surface area contributed by atoms with Crippen LogP contribution in [-0.4, -0.2) is 47.0 Å². The van der Waals surface area contributed by atoms with Crippen molar-refractivity contribution in [3.8, 4) is 0 Å². The summed E-state index contributed by atoms with van der Waals surface area (Å²) >= 11 is 0. The zero-order chi connectivity index (χ0) is 16.2. The van der Waals surface area contributed by atoms with Crippen LogP contribution in [0.4, 0.5) is 17.5 Å². The smallest absolute Gasteiger partial charge is 0.229 e. The van der Waals surface area contributed by atoms with Gasteiger partial charge in [0.25, 0.3) is 0 Å². The van der Waals surface area contributed by atoms with Gasteiger partial charge in [-0.25, -0.2) is 4.98 Å². The van der Waals surface area contributed by atoms with E-state index in [0.717, 1.165) is 43.4 Å². The van der Waals surface area contributed by atoms with Crippen molar-refractivity contribution in [2.24, 2.45) is 0 Å². The summed E-state index contributed by atoms with van der Waals surface area (Å²) in [6.07, 6.45) is 0. The number of nitrogens with one attached hydrogen (secondary N) is 1. The van der Waals surface area contributed by atoms with Crippen molar-refractivity contribution in [2.45, 2.75) is 13.8 Å². The zero-order valence-corrected chi connectivity index (χ0v) is 13.5. The Morgan fingerprint density at radius 1 is 1.09 bits per heavy atom. The summed E-state index contributed by atoms with van der Waals surface area (Å²) in [6.45, 7) is 6.64. The second kappa shape index (κ2) is 6.64. The number of carbonyl (C=O) groups is 1. The fourth-order valence-electron chi connectivity index (χ4n) is 2.67. The van der Waals surface area contributed by atoms with Gasteiger partial charge in [0.1, 0.15) is 5.82 Å². The Balaban J connectivity index is 1.75. The van der Waals surface area contributed by atoms with Crippen molar-refractivity contribution in [1.82, 2.24) is 14.9 Å². The molecule has 23 heavy (non-hydrogen) atoms. The van der Waals surface area contributed by atoms with E-state index in [9.17, 15) is 4.79 Å². The molecule has 0 spiro atoms. The lowest BCUT2D eigenvalue weighted by molar-refractivity contribution is -0.129. The predicted octanol–water partition coefficient (Wildman–Crippen LogP) is 2.20. The maximum atomic E-state index is 11.4. The fraction of sp³-hybridized carbons (Fsp3) is 0.353. The van der Waals surface area contributed by atoms with Crippen molar-refractivity contribution in [3.63, 3.8) is 0 Å². The number of amides is 1. The summed E-state index contributed by atoms with van der Waals surface area (Å²) in [4.78, 5) is 24.6. The number of hydrogen-bond acceptors (Lipinski definition) is 5. The molecule has 2 heterocycles. The molecule has 1 fully saturated rings. The van der Waals surface area contributed by atoms with Crippen LogP contribution in [0.25, 0.3) is 0 Å². The van der Waals surface area contributed by atoms with Gasteiger partial charge in [-0.3, -0.25) is 4.79 Å². The van der Waals surface area contributed by atoms with E-state index >= 15 is 0 Å². The number of benzene rings is 1. The Bertz CT molecular complexity index is 681. The number of para-hydroxylation sites is 1. The maximum Gasteiger partial charge on any atom is 0.229 e. The van der Waals surface area contributed by atoms with Crippen molar-refractivity contribution >= 4 is 23.4 Å². The molecule has 1 aromatic carbocycles. The molecule has 1 amide bonds. The van der Waals surface area contributed by atoms with E-state index in [1.807, 2.05) is 48.2 Å². The number of piperazine rings is 1. The lowest BCUT2D eigenvalue weighted by Crippen LogP contribution is -2.48. The summed E-state index contributed by atoms with van der Waals surface area (Å²) in [7, 11) is 0. The molecule has 120 valence electrons. The Morgan fingerprint density at radius 3 is 2.43 bits per heavy atom. The quantitative estimate of drug-likeness (QED) is 0.941. The van der Waals surface area contributed by atoms with Gasteiger partial charge in [0.05, 0.1) is 0 Å². The van der Waals surface area contributed by atoms with E-state index < -0.39 is 0 Å². The number of aromatic nitrogens is 2. The number of aryl methyl sites for hydroxylation is 1. The number of nitrogens with zero attached hydrogens (tertiary/aromatic N) is 4.